The number of nitrogens with two attached hydrogens (primary N) is 1. The number of primary amides is 1. The smallest absolute Gasteiger partial charge is 0.279 e. The fraction of sp³-hybridized carbons (Fsp3) is 0.700. The predicted molar refractivity (Wildman–Crippen MR) is 63.3 cm³/mol. The third-order valence-electron chi connectivity index (χ3n) is 2.56. The number of rotatable bonds is 4. The Morgan fingerprint density at radius 1 is 1.35 bits per heavy atom. The van der Waals surface area contributed by atoms with E-state index in [1.165, 1.54) is 0 Å². The van der Waals surface area contributed by atoms with E-state index in [1.807, 2.05) is 0 Å². The minimum Gasteiger partial charge on any atom is -0.388 e. The maximum atomic E-state index is 10.8. The standard InChI is InChI=1S/C10H17NO5S/c1-2-3-4-5-6(12)7(13)8(14)9(16-5)17-10(11)15/h2,5-9,12-14H,1,3-4H2,(H2,11,15). The van der Waals surface area contributed by atoms with Crippen molar-refractivity contribution in [2.75, 3.05) is 0 Å². The van der Waals surface area contributed by atoms with Crippen LogP contribution < -0.4 is 5.73 Å². The Hall–Kier alpha value is -0.600. The van der Waals surface area contributed by atoms with Crippen LogP contribution in [0.4, 0.5) is 4.79 Å². The summed E-state index contributed by atoms with van der Waals surface area (Å²) in [5.74, 6) is 0. The van der Waals surface area contributed by atoms with E-state index in [2.05, 4.69) is 6.58 Å². The molecular weight excluding hydrogens is 246 g/mol. The molecule has 0 saturated carbocycles. The highest BCUT2D eigenvalue weighted by molar-refractivity contribution is 8.13. The molecule has 5 N–H and O–H groups in total. The van der Waals surface area contributed by atoms with E-state index >= 15 is 0 Å². The zero-order valence-corrected chi connectivity index (χ0v) is 10.0. The number of hydrogen-bond acceptors (Lipinski definition) is 6. The normalized spacial score (nSPS) is 37.7. The number of ether oxygens (including phenoxy) is 1. The summed E-state index contributed by atoms with van der Waals surface area (Å²) in [4.78, 5) is 10.8. The van der Waals surface area contributed by atoms with Gasteiger partial charge in [-0.3, -0.25) is 4.79 Å². The first kappa shape index (κ1) is 14.5. The summed E-state index contributed by atoms with van der Waals surface area (Å²) in [6, 6.07) is 0. The number of hydrogen-bond donors (Lipinski definition) is 4. The minimum absolute atomic E-state index is 0.449. The quantitative estimate of drug-likeness (QED) is 0.512. The highest BCUT2D eigenvalue weighted by Gasteiger charge is 2.44. The topological polar surface area (TPSA) is 113 Å². The summed E-state index contributed by atoms with van der Waals surface area (Å²) >= 11 is 0.596. The number of amides is 1. The Morgan fingerprint density at radius 3 is 2.53 bits per heavy atom. The average molecular weight is 263 g/mol. The lowest BCUT2D eigenvalue weighted by molar-refractivity contribution is -0.198. The van der Waals surface area contributed by atoms with Crippen LogP contribution in [0.15, 0.2) is 12.7 Å². The Bertz CT molecular complexity index is 288. The van der Waals surface area contributed by atoms with Gasteiger partial charge in [-0.1, -0.05) is 6.08 Å². The Balaban J connectivity index is 2.67. The summed E-state index contributed by atoms with van der Waals surface area (Å²) in [5.41, 5.74) is 4.03. The molecule has 0 aromatic heterocycles. The van der Waals surface area contributed by atoms with Gasteiger partial charge in [-0.2, -0.15) is 0 Å². The number of carbonyl (C=O) groups is 1. The molecule has 7 heteroatoms. The van der Waals surface area contributed by atoms with Gasteiger partial charge in [0.25, 0.3) is 5.24 Å². The Labute approximate surface area is 103 Å². The molecule has 0 radical (unpaired) electrons. The van der Waals surface area contributed by atoms with Crippen molar-refractivity contribution >= 4 is 17.0 Å². The first-order chi connectivity index (χ1) is 7.97. The van der Waals surface area contributed by atoms with E-state index in [4.69, 9.17) is 10.5 Å². The van der Waals surface area contributed by atoms with Crippen LogP contribution in [0.5, 0.6) is 0 Å². The van der Waals surface area contributed by atoms with Crippen molar-refractivity contribution in [1.82, 2.24) is 0 Å². The van der Waals surface area contributed by atoms with Crippen molar-refractivity contribution in [1.29, 1.82) is 0 Å². The molecule has 0 bridgehead atoms. The summed E-state index contributed by atoms with van der Waals surface area (Å²) in [6.45, 7) is 3.54. The summed E-state index contributed by atoms with van der Waals surface area (Å²) in [5, 5.41) is 28.2. The van der Waals surface area contributed by atoms with Crippen LogP contribution in [0.3, 0.4) is 0 Å². The number of thioether (sulfide) groups is 1. The maximum absolute atomic E-state index is 10.8. The fourth-order valence-corrected chi connectivity index (χ4v) is 2.38. The number of aliphatic hydroxyl groups excluding tert-OH is 3. The van der Waals surface area contributed by atoms with Gasteiger partial charge in [0, 0.05) is 0 Å². The number of aliphatic hydroxyl groups is 3. The van der Waals surface area contributed by atoms with Gasteiger partial charge in [0.05, 0.1) is 6.10 Å². The number of carbonyl (C=O) groups excluding carboxylic acids is 1. The zero-order chi connectivity index (χ0) is 13.0. The van der Waals surface area contributed by atoms with Crippen LogP contribution in [0.2, 0.25) is 0 Å². The third-order valence-corrected chi connectivity index (χ3v) is 3.41. The molecule has 0 spiro atoms. The van der Waals surface area contributed by atoms with Crippen LogP contribution in [-0.2, 0) is 4.74 Å². The van der Waals surface area contributed by atoms with Crippen molar-refractivity contribution < 1.29 is 24.9 Å². The van der Waals surface area contributed by atoms with Gasteiger partial charge in [-0.05, 0) is 24.6 Å². The monoisotopic (exact) mass is 263 g/mol. The van der Waals surface area contributed by atoms with Crippen molar-refractivity contribution in [3.05, 3.63) is 12.7 Å². The molecule has 0 aliphatic carbocycles. The molecule has 1 fully saturated rings. The lowest BCUT2D eigenvalue weighted by Gasteiger charge is -2.39. The van der Waals surface area contributed by atoms with E-state index < -0.39 is 35.1 Å². The van der Waals surface area contributed by atoms with Crippen molar-refractivity contribution in [2.24, 2.45) is 5.73 Å². The molecular formula is C10H17NO5S. The van der Waals surface area contributed by atoms with Crippen LogP contribution in [0.25, 0.3) is 0 Å². The lowest BCUT2D eigenvalue weighted by atomic mass is 9.97. The highest BCUT2D eigenvalue weighted by Crippen LogP contribution is 2.30. The maximum Gasteiger partial charge on any atom is 0.279 e. The fourth-order valence-electron chi connectivity index (χ4n) is 1.65. The first-order valence-corrected chi connectivity index (χ1v) is 6.12. The molecule has 5 unspecified atom stereocenters. The molecule has 1 amide bonds. The number of allylic oxidation sites excluding steroid dienone is 1. The molecule has 1 saturated heterocycles. The van der Waals surface area contributed by atoms with E-state index in [0.717, 1.165) is 0 Å². The zero-order valence-electron chi connectivity index (χ0n) is 9.23. The van der Waals surface area contributed by atoms with Gasteiger partial charge in [0.1, 0.15) is 23.7 Å². The summed E-state index contributed by atoms with van der Waals surface area (Å²) in [7, 11) is 0. The lowest BCUT2D eigenvalue weighted by Crippen LogP contribution is -2.56. The second-order valence-electron chi connectivity index (χ2n) is 3.82. The molecule has 0 aromatic carbocycles. The second kappa shape index (κ2) is 6.36. The summed E-state index contributed by atoms with van der Waals surface area (Å²) < 4.78 is 5.35. The predicted octanol–water partition coefficient (Wildman–Crippen LogP) is -0.428. The molecule has 98 valence electrons. The molecule has 6 nitrogen and oxygen atoms in total. The van der Waals surface area contributed by atoms with E-state index in [-0.39, 0.29) is 0 Å². The van der Waals surface area contributed by atoms with E-state index in [1.54, 1.807) is 6.08 Å². The van der Waals surface area contributed by atoms with E-state index in [9.17, 15) is 20.1 Å². The largest absolute Gasteiger partial charge is 0.388 e. The van der Waals surface area contributed by atoms with Gasteiger partial charge >= 0.3 is 0 Å². The first-order valence-electron chi connectivity index (χ1n) is 5.24. The SMILES string of the molecule is C=CCCC1OC(SC(N)=O)C(O)C(O)C1O. The third kappa shape index (κ3) is 3.68. The van der Waals surface area contributed by atoms with Crippen molar-refractivity contribution in [3.63, 3.8) is 0 Å². The molecule has 1 aliphatic rings. The van der Waals surface area contributed by atoms with Crippen LogP contribution >= 0.6 is 11.8 Å². The van der Waals surface area contributed by atoms with Gasteiger partial charge in [0.15, 0.2) is 0 Å². The van der Waals surface area contributed by atoms with Gasteiger partial charge < -0.3 is 25.8 Å². The minimum atomic E-state index is -1.35. The van der Waals surface area contributed by atoms with Gasteiger partial charge in [0.2, 0.25) is 0 Å². The molecule has 1 heterocycles. The Kier molecular flexibility index (Phi) is 5.41. The average Bonchev–Trinajstić information content (AvgIpc) is 2.28. The van der Waals surface area contributed by atoms with Gasteiger partial charge in [-0.25, -0.2) is 0 Å². The molecule has 5 atom stereocenters. The van der Waals surface area contributed by atoms with Crippen LogP contribution in [0.1, 0.15) is 12.8 Å². The molecule has 17 heavy (non-hydrogen) atoms. The van der Waals surface area contributed by atoms with Crippen molar-refractivity contribution in [2.45, 2.75) is 42.7 Å². The summed E-state index contributed by atoms with van der Waals surface area (Å²) in [6.07, 6.45) is -1.83. The Morgan fingerprint density at radius 2 is 2.00 bits per heavy atom. The second-order valence-corrected chi connectivity index (χ2v) is 4.92. The van der Waals surface area contributed by atoms with Crippen molar-refractivity contribution in [3.8, 4) is 0 Å². The molecule has 0 aromatic rings. The van der Waals surface area contributed by atoms with E-state index in [0.29, 0.717) is 24.6 Å². The van der Waals surface area contributed by atoms with Crippen LogP contribution in [-0.4, -0.2) is 50.4 Å². The highest BCUT2D eigenvalue weighted by atomic mass is 32.2. The van der Waals surface area contributed by atoms with Crippen LogP contribution in [0, 0.1) is 0 Å². The molecule has 1 rings (SSSR count). The van der Waals surface area contributed by atoms with Gasteiger partial charge in [-0.15, -0.1) is 6.58 Å². The molecule has 1 aliphatic heterocycles.